The van der Waals surface area contributed by atoms with E-state index < -0.39 is 0 Å². The number of fused-ring (bicyclic) bond motifs is 1. The van der Waals surface area contributed by atoms with Gasteiger partial charge in [-0.15, -0.1) is 0 Å². The summed E-state index contributed by atoms with van der Waals surface area (Å²) in [5.41, 5.74) is 1.47. The van der Waals surface area contributed by atoms with E-state index in [1.165, 1.54) is 89.0 Å². The molecule has 0 heterocycles. The summed E-state index contributed by atoms with van der Waals surface area (Å²) in [7, 11) is 0. The average molecular weight is 359 g/mol. The second-order valence-corrected chi connectivity index (χ2v) is 9.92. The molecule has 0 N–H and O–H groups in total. The van der Waals surface area contributed by atoms with E-state index >= 15 is 0 Å². The Hall–Kier alpha value is -0.720. The summed E-state index contributed by atoms with van der Waals surface area (Å²) >= 11 is 0. The van der Waals surface area contributed by atoms with Gasteiger partial charge in [0, 0.05) is 6.42 Å². The zero-order chi connectivity index (χ0) is 18.4. The first-order valence-corrected chi connectivity index (χ1v) is 11.6. The lowest BCUT2D eigenvalue weighted by molar-refractivity contribution is 0.133. The van der Waals surface area contributed by atoms with Crippen LogP contribution in [0.15, 0.2) is 24.5 Å². The number of ether oxygens (including phenoxy) is 1. The maximum Gasteiger partial charge on any atom is 0.0905 e. The summed E-state index contributed by atoms with van der Waals surface area (Å²) in [6.07, 6.45) is 18.9. The minimum atomic E-state index is 0.804. The lowest BCUT2D eigenvalue weighted by Gasteiger charge is -2.26. The lowest BCUT2D eigenvalue weighted by atomic mass is 9.79. The lowest BCUT2D eigenvalue weighted by Crippen LogP contribution is -2.14. The molecule has 5 atom stereocenters. The van der Waals surface area contributed by atoms with E-state index in [0.717, 1.165) is 48.4 Å². The highest BCUT2D eigenvalue weighted by molar-refractivity contribution is 4.95. The molecule has 26 heavy (non-hydrogen) atoms. The van der Waals surface area contributed by atoms with E-state index in [-0.39, 0.29) is 0 Å². The summed E-state index contributed by atoms with van der Waals surface area (Å²) in [5, 5.41) is 0. The number of allylic oxidation sites excluding steroid dienone is 2. The van der Waals surface area contributed by atoms with Gasteiger partial charge in [-0.25, -0.2) is 0 Å². The van der Waals surface area contributed by atoms with Crippen molar-refractivity contribution in [3.05, 3.63) is 24.5 Å². The van der Waals surface area contributed by atoms with Crippen LogP contribution in [-0.4, -0.2) is 6.61 Å². The Labute approximate surface area is 162 Å². The van der Waals surface area contributed by atoms with Crippen molar-refractivity contribution in [2.75, 3.05) is 6.61 Å². The van der Waals surface area contributed by atoms with Crippen LogP contribution >= 0.6 is 0 Å². The summed E-state index contributed by atoms with van der Waals surface area (Å²) in [6.45, 7) is 11.8. The molecular weight excluding hydrogens is 316 g/mol. The van der Waals surface area contributed by atoms with E-state index in [9.17, 15) is 0 Å². The first-order valence-electron chi connectivity index (χ1n) is 11.6. The van der Waals surface area contributed by atoms with Crippen molar-refractivity contribution in [2.45, 2.75) is 96.8 Å². The maximum absolute atomic E-state index is 5.98. The number of hydrogen-bond donors (Lipinski definition) is 0. The van der Waals surface area contributed by atoms with Crippen molar-refractivity contribution in [1.29, 1.82) is 0 Å². The summed E-state index contributed by atoms with van der Waals surface area (Å²) < 4.78 is 5.98. The molecule has 1 nitrogen and oxygen atoms in total. The third kappa shape index (κ3) is 6.78. The van der Waals surface area contributed by atoms with Gasteiger partial charge >= 0.3 is 0 Å². The van der Waals surface area contributed by atoms with Gasteiger partial charge in [-0.1, -0.05) is 44.9 Å². The molecule has 148 valence electrons. The van der Waals surface area contributed by atoms with Gasteiger partial charge in [-0.3, -0.25) is 0 Å². The third-order valence-electron chi connectivity index (χ3n) is 7.36. The molecule has 0 spiro atoms. The summed E-state index contributed by atoms with van der Waals surface area (Å²) in [4.78, 5) is 0. The second-order valence-electron chi connectivity index (χ2n) is 9.92. The monoisotopic (exact) mass is 358 g/mol. The number of unbranched alkanes of at least 4 members (excludes halogenated alkanes) is 1. The molecule has 0 radical (unpaired) electrons. The molecule has 3 aliphatic carbocycles. The van der Waals surface area contributed by atoms with Gasteiger partial charge in [0.25, 0.3) is 0 Å². The normalized spacial score (nSPS) is 33.3. The Morgan fingerprint density at radius 1 is 0.846 bits per heavy atom. The fourth-order valence-electron chi connectivity index (χ4n) is 5.46. The van der Waals surface area contributed by atoms with Gasteiger partial charge in [0.2, 0.25) is 0 Å². The van der Waals surface area contributed by atoms with E-state index in [1.54, 1.807) is 0 Å². The molecule has 0 aromatic heterocycles. The molecule has 0 bridgehead atoms. The van der Waals surface area contributed by atoms with E-state index in [0.29, 0.717) is 0 Å². The minimum Gasteiger partial charge on any atom is -0.498 e. The molecule has 0 saturated heterocycles. The van der Waals surface area contributed by atoms with Crippen LogP contribution in [0.2, 0.25) is 0 Å². The quantitative estimate of drug-likeness (QED) is 0.209. The van der Waals surface area contributed by atoms with Gasteiger partial charge in [-0.2, -0.15) is 0 Å². The van der Waals surface area contributed by atoms with Crippen LogP contribution in [0.1, 0.15) is 96.8 Å². The molecule has 0 aromatic rings. The van der Waals surface area contributed by atoms with Crippen molar-refractivity contribution >= 4 is 0 Å². The highest BCUT2D eigenvalue weighted by Gasteiger charge is 2.41. The molecular formula is C25H42O. The number of hydrogen-bond acceptors (Lipinski definition) is 1. The largest absolute Gasteiger partial charge is 0.498 e. The smallest absolute Gasteiger partial charge is 0.0905 e. The van der Waals surface area contributed by atoms with E-state index in [2.05, 4.69) is 20.1 Å². The molecule has 5 unspecified atom stereocenters. The summed E-state index contributed by atoms with van der Waals surface area (Å²) in [6, 6.07) is 0. The summed E-state index contributed by atoms with van der Waals surface area (Å²) in [5.74, 6) is 5.88. The van der Waals surface area contributed by atoms with Crippen molar-refractivity contribution in [3.8, 4) is 0 Å². The van der Waals surface area contributed by atoms with Gasteiger partial charge < -0.3 is 4.74 Å². The van der Waals surface area contributed by atoms with Crippen LogP contribution in [0, 0.1) is 29.6 Å². The Morgan fingerprint density at radius 3 is 2.50 bits per heavy atom. The van der Waals surface area contributed by atoms with E-state index in [1.807, 2.05) is 0 Å². The van der Waals surface area contributed by atoms with Gasteiger partial charge in [-0.05, 0) is 93.8 Å². The minimum absolute atomic E-state index is 0.804. The van der Waals surface area contributed by atoms with Crippen LogP contribution in [0.4, 0.5) is 0 Å². The van der Waals surface area contributed by atoms with Crippen molar-refractivity contribution in [2.24, 2.45) is 29.6 Å². The Kier molecular flexibility index (Phi) is 7.70. The number of rotatable bonds is 11. The fourth-order valence-corrected chi connectivity index (χ4v) is 5.46. The molecule has 0 amide bonds. The standard InChI is InChI=1S/C25H42O/c1-19(11-12-22-10-6-8-20(2)15-22)7-4-5-9-21(3)26-18-23-13-14-24-17-25(24)16-23/h20,22-25H,1,3-18H2,2H3. The van der Waals surface area contributed by atoms with Gasteiger partial charge in [0.1, 0.15) is 0 Å². The van der Waals surface area contributed by atoms with Crippen molar-refractivity contribution in [1.82, 2.24) is 0 Å². The van der Waals surface area contributed by atoms with Crippen LogP contribution in [0.5, 0.6) is 0 Å². The molecule has 1 heteroatoms. The molecule has 0 aliphatic heterocycles. The molecule has 0 aromatic carbocycles. The topological polar surface area (TPSA) is 9.23 Å². The third-order valence-corrected chi connectivity index (χ3v) is 7.36. The first kappa shape index (κ1) is 20.0. The zero-order valence-corrected chi connectivity index (χ0v) is 17.3. The van der Waals surface area contributed by atoms with Crippen LogP contribution in [-0.2, 0) is 4.74 Å². The van der Waals surface area contributed by atoms with Crippen molar-refractivity contribution in [3.63, 3.8) is 0 Å². The Bertz CT molecular complexity index is 441. The molecule has 3 fully saturated rings. The van der Waals surface area contributed by atoms with Crippen LogP contribution < -0.4 is 0 Å². The average Bonchev–Trinajstić information content (AvgIpc) is 3.41. The highest BCUT2D eigenvalue weighted by Crippen LogP contribution is 2.51. The van der Waals surface area contributed by atoms with Gasteiger partial charge in [0.15, 0.2) is 0 Å². The predicted molar refractivity (Wildman–Crippen MR) is 112 cm³/mol. The zero-order valence-electron chi connectivity index (χ0n) is 17.3. The molecule has 3 rings (SSSR count). The SMILES string of the molecule is C=C(CCCCC(=C)OCC1CCC2CC2C1)CCC1CCCC(C)C1. The highest BCUT2D eigenvalue weighted by atomic mass is 16.5. The van der Waals surface area contributed by atoms with Crippen LogP contribution in [0.25, 0.3) is 0 Å². The molecule has 3 aliphatic rings. The second kappa shape index (κ2) is 10.00. The molecule has 3 saturated carbocycles. The fraction of sp³-hybridized carbons (Fsp3) is 0.840. The Morgan fingerprint density at radius 2 is 1.69 bits per heavy atom. The van der Waals surface area contributed by atoms with E-state index in [4.69, 9.17) is 4.74 Å². The predicted octanol–water partition coefficient (Wildman–Crippen LogP) is 7.68. The van der Waals surface area contributed by atoms with Crippen molar-refractivity contribution < 1.29 is 4.74 Å². The first-order chi connectivity index (χ1) is 12.6. The van der Waals surface area contributed by atoms with Gasteiger partial charge in [0.05, 0.1) is 12.4 Å². The Balaban J connectivity index is 1.16. The van der Waals surface area contributed by atoms with Crippen LogP contribution in [0.3, 0.4) is 0 Å². The maximum atomic E-state index is 5.98.